The Morgan fingerprint density at radius 3 is 2.92 bits per heavy atom. The average molecular weight is 360 g/mol. The van der Waals surface area contributed by atoms with E-state index < -0.39 is 0 Å². The molecule has 2 aromatic heterocycles. The van der Waals surface area contributed by atoms with Gasteiger partial charge in [0.25, 0.3) is 5.91 Å². The second-order valence-electron chi connectivity index (χ2n) is 6.88. The molecule has 0 radical (unpaired) electrons. The van der Waals surface area contributed by atoms with Gasteiger partial charge in [0.2, 0.25) is 5.56 Å². The number of carbonyl (C=O) groups is 1. The van der Waals surface area contributed by atoms with Crippen LogP contribution in [-0.2, 0) is 6.54 Å². The maximum atomic E-state index is 12.6. The Morgan fingerprint density at radius 2 is 2.24 bits per heavy atom. The smallest absolute Gasteiger partial charge is 0.254 e. The molecule has 1 fully saturated rings. The van der Waals surface area contributed by atoms with Crippen LogP contribution in [0, 0.1) is 19.8 Å². The highest BCUT2D eigenvalue weighted by Crippen LogP contribution is 2.21. The zero-order valence-electron chi connectivity index (χ0n) is 14.9. The molecular formula is C18H24N4O2S. The lowest BCUT2D eigenvalue weighted by Crippen LogP contribution is -2.32. The molecule has 0 aliphatic carbocycles. The van der Waals surface area contributed by atoms with Gasteiger partial charge >= 0.3 is 0 Å². The minimum atomic E-state index is -0.223. The molecule has 0 unspecified atom stereocenters. The number of rotatable bonds is 5. The predicted octanol–water partition coefficient (Wildman–Crippen LogP) is 2.04. The number of amides is 1. The number of H-pyrrole nitrogens is 1. The van der Waals surface area contributed by atoms with Crippen LogP contribution >= 0.6 is 11.3 Å². The summed E-state index contributed by atoms with van der Waals surface area (Å²) in [5.74, 6) is 0.419. The van der Waals surface area contributed by atoms with Gasteiger partial charge in [0, 0.05) is 48.4 Å². The maximum absolute atomic E-state index is 12.6. The maximum Gasteiger partial charge on any atom is 0.254 e. The third kappa shape index (κ3) is 4.35. The Kier molecular flexibility index (Phi) is 5.34. The van der Waals surface area contributed by atoms with Crippen LogP contribution in [0.15, 0.2) is 22.4 Å². The van der Waals surface area contributed by atoms with Gasteiger partial charge in [0.05, 0.1) is 11.2 Å². The molecule has 0 spiro atoms. The largest absolute Gasteiger partial charge is 0.338 e. The number of thiazole rings is 1. The number of pyridine rings is 1. The lowest BCUT2D eigenvalue weighted by Gasteiger charge is -2.21. The minimum absolute atomic E-state index is 0.0438. The first kappa shape index (κ1) is 17.8. The summed E-state index contributed by atoms with van der Waals surface area (Å²) < 4.78 is 0. The van der Waals surface area contributed by atoms with Crippen LogP contribution in [0.25, 0.3) is 0 Å². The molecule has 1 N–H and O–H groups in total. The molecule has 3 heterocycles. The van der Waals surface area contributed by atoms with Crippen molar-refractivity contribution in [1.82, 2.24) is 19.8 Å². The summed E-state index contributed by atoms with van der Waals surface area (Å²) in [5.41, 5.74) is 3.96. The van der Waals surface area contributed by atoms with Crippen LogP contribution in [-0.4, -0.2) is 52.4 Å². The van der Waals surface area contributed by atoms with E-state index in [1.165, 1.54) is 10.9 Å². The van der Waals surface area contributed by atoms with Crippen molar-refractivity contribution in [3.63, 3.8) is 0 Å². The molecule has 25 heavy (non-hydrogen) atoms. The second-order valence-corrected chi connectivity index (χ2v) is 7.82. The van der Waals surface area contributed by atoms with Gasteiger partial charge in [-0.25, -0.2) is 4.98 Å². The van der Waals surface area contributed by atoms with E-state index in [0.29, 0.717) is 17.2 Å². The SMILES string of the molecule is Cc1cc(C(=O)N2CC[C@@H](CN(C)Cc3scnc3C)C2)cc(=O)[nH]1. The Bertz CT molecular complexity index is 813. The van der Waals surface area contributed by atoms with E-state index in [1.807, 2.05) is 17.3 Å². The lowest BCUT2D eigenvalue weighted by atomic mass is 10.1. The van der Waals surface area contributed by atoms with Crippen molar-refractivity contribution in [3.8, 4) is 0 Å². The minimum Gasteiger partial charge on any atom is -0.338 e. The van der Waals surface area contributed by atoms with Gasteiger partial charge in [0.1, 0.15) is 0 Å². The summed E-state index contributed by atoms with van der Waals surface area (Å²) in [6, 6.07) is 3.14. The van der Waals surface area contributed by atoms with Crippen LogP contribution in [0.3, 0.4) is 0 Å². The van der Waals surface area contributed by atoms with E-state index in [4.69, 9.17) is 0 Å². The Hall–Kier alpha value is -1.99. The topological polar surface area (TPSA) is 69.3 Å². The number of aryl methyl sites for hydroxylation is 2. The highest BCUT2D eigenvalue weighted by atomic mass is 32.1. The number of hydrogen-bond acceptors (Lipinski definition) is 5. The molecule has 1 aliphatic rings. The summed E-state index contributed by atoms with van der Waals surface area (Å²) >= 11 is 1.69. The molecular weight excluding hydrogens is 336 g/mol. The summed E-state index contributed by atoms with van der Waals surface area (Å²) in [7, 11) is 2.11. The van der Waals surface area contributed by atoms with Gasteiger partial charge in [-0.2, -0.15) is 0 Å². The number of aromatic amines is 1. The predicted molar refractivity (Wildman–Crippen MR) is 99.0 cm³/mol. The fourth-order valence-corrected chi connectivity index (χ4v) is 4.24. The third-order valence-electron chi connectivity index (χ3n) is 4.63. The van der Waals surface area contributed by atoms with E-state index in [2.05, 4.69) is 21.9 Å². The molecule has 3 rings (SSSR count). The van der Waals surface area contributed by atoms with Gasteiger partial charge in [-0.15, -0.1) is 11.3 Å². The zero-order valence-corrected chi connectivity index (χ0v) is 15.7. The second kappa shape index (κ2) is 7.49. The first-order chi connectivity index (χ1) is 11.9. The van der Waals surface area contributed by atoms with Crippen LogP contribution < -0.4 is 5.56 Å². The quantitative estimate of drug-likeness (QED) is 0.886. The van der Waals surface area contributed by atoms with Gasteiger partial charge < -0.3 is 14.8 Å². The van der Waals surface area contributed by atoms with Gasteiger partial charge in [-0.05, 0) is 39.3 Å². The highest BCUT2D eigenvalue weighted by Gasteiger charge is 2.28. The van der Waals surface area contributed by atoms with Crippen molar-refractivity contribution in [2.24, 2.45) is 5.92 Å². The summed E-state index contributed by atoms with van der Waals surface area (Å²) in [6.45, 7) is 7.18. The molecule has 134 valence electrons. The molecule has 1 atom stereocenters. The summed E-state index contributed by atoms with van der Waals surface area (Å²) in [5, 5.41) is 0. The van der Waals surface area contributed by atoms with Crippen LogP contribution in [0.1, 0.15) is 33.0 Å². The number of likely N-dealkylation sites (tertiary alicyclic amines) is 1. The summed E-state index contributed by atoms with van der Waals surface area (Å²) in [4.78, 5) is 36.7. The summed E-state index contributed by atoms with van der Waals surface area (Å²) in [6.07, 6.45) is 1.000. The van der Waals surface area contributed by atoms with E-state index in [1.54, 1.807) is 24.3 Å². The Balaban J connectivity index is 1.57. The monoisotopic (exact) mass is 360 g/mol. The number of aromatic nitrogens is 2. The van der Waals surface area contributed by atoms with Crippen molar-refractivity contribution >= 4 is 17.2 Å². The zero-order chi connectivity index (χ0) is 18.0. The average Bonchev–Trinajstić information content (AvgIpc) is 3.15. The fraction of sp³-hybridized carbons (Fsp3) is 0.500. The highest BCUT2D eigenvalue weighted by molar-refractivity contribution is 7.09. The van der Waals surface area contributed by atoms with Crippen molar-refractivity contribution in [2.75, 3.05) is 26.7 Å². The van der Waals surface area contributed by atoms with Crippen molar-refractivity contribution < 1.29 is 4.79 Å². The first-order valence-electron chi connectivity index (χ1n) is 8.50. The van der Waals surface area contributed by atoms with E-state index in [-0.39, 0.29) is 11.5 Å². The van der Waals surface area contributed by atoms with E-state index >= 15 is 0 Å². The number of hydrogen-bond donors (Lipinski definition) is 1. The molecule has 2 aromatic rings. The molecule has 0 saturated carbocycles. The molecule has 1 amide bonds. The number of nitrogens with zero attached hydrogens (tertiary/aromatic N) is 3. The Labute approximate surface area is 151 Å². The molecule has 1 saturated heterocycles. The van der Waals surface area contributed by atoms with Crippen molar-refractivity contribution in [1.29, 1.82) is 0 Å². The van der Waals surface area contributed by atoms with E-state index in [9.17, 15) is 9.59 Å². The first-order valence-corrected chi connectivity index (χ1v) is 9.38. The molecule has 6 nitrogen and oxygen atoms in total. The standard InChI is InChI=1S/C18H24N4O2S/c1-12-6-15(7-17(23)20-12)18(24)22-5-4-14(9-22)8-21(3)10-16-13(2)19-11-25-16/h6-7,11,14H,4-5,8-10H2,1-3H3,(H,20,23)/t14-/m0/s1. The number of carbonyl (C=O) groups excluding carboxylic acids is 1. The van der Waals surface area contributed by atoms with Crippen LogP contribution in [0.4, 0.5) is 0 Å². The van der Waals surface area contributed by atoms with Crippen molar-refractivity contribution in [2.45, 2.75) is 26.8 Å². The van der Waals surface area contributed by atoms with Crippen LogP contribution in [0.2, 0.25) is 0 Å². The molecule has 0 aromatic carbocycles. The van der Waals surface area contributed by atoms with Gasteiger partial charge in [-0.3, -0.25) is 9.59 Å². The fourth-order valence-electron chi connectivity index (χ4n) is 3.38. The Morgan fingerprint density at radius 1 is 1.44 bits per heavy atom. The van der Waals surface area contributed by atoms with Gasteiger partial charge in [-0.1, -0.05) is 0 Å². The molecule has 0 bridgehead atoms. The van der Waals surface area contributed by atoms with Gasteiger partial charge in [0.15, 0.2) is 0 Å². The third-order valence-corrected chi connectivity index (χ3v) is 5.55. The van der Waals surface area contributed by atoms with Crippen LogP contribution in [0.5, 0.6) is 0 Å². The molecule has 1 aliphatic heterocycles. The van der Waals surface area contributed by atoms with Crippen molar-refractivity contribution in [3.05, 3.63) is 49.8 Å². The number of nitrogens with one attached hydrogen (secondary N) is 1. The lowest BCUT2D eigenvalue weighted by molar-refractivity contribution is 0.0784. The van der Waals surface area contributed by atoms with E-state index in [0.717, 1.165) is 38.3 Å². The normalized spacial score (nSPS) is 17.4. The molecule has 7 heteroatoms.